The Hall–Kier alpha value is -1.97. The number of phenols is 1. The lowest BCUT2D eigenvalue weighted by molar-refractivity contribution is 0.432. The molecule has 118 valence electrons. The Labute approximate surface area is 131 Å². The highest BCUT2D eigenvalue weighted by molar-refractivity contribution is 5.56. The smallest absolute Gasteiger partial charge is 0.165 e. The number of halogens is 1. The molecular formula is C18H23FN2O. The van der Waals surface area contributed by atoms with Gasteiger partial charge in [0.05, 0.1) is 0 Å². The summed E-state index contributed by atoms with van der Waals surface area (Å²) in [6, 6.07) is 4.18. The normalized spacial score (nSPS) is 10.8. The molecule has 0 saturated carbocycles. The van der Waals surface area contributed by atoms with Crippen molar-refractivity contribution < 1.29 is 9.50 Å². The highest BCUT2D eigenvalue weighted by Crippen LogP contribution is 2.22. The summed E-state index contributed by atoms with van der Waals surface area (Å²) in [4.78, 5) is 8.58. The summed E-state index contributed by atoms with van der Waals surface area (Å²) in [6.07, 6.45) is 12.2. The van der Waals surface area contributed by atoms with Crippen molar-refractivity contribution in [3.8, 4) is 17.1 Å². The summed E-state index contributed by atoms with van der Waals surface area (Å²) in [6.45, 7) is 2.22. The fourth-order valence-electron chi connectivity index (χ4n) is 2.39. The van der Waals surface area contributed by atoms with E-state index < -0.39 is 5.82 Å². The average Bonchev–Trinajstić information content (AvgIpc) is 2.54. The van der Waals surface area contributed by atoms with E-state index >= 15 is 0 Å². The number of benzene rings is 1. The monoisotopic (exact) mass is 302 g/mol. The van der Waals surface area contributed by atoms with Gasteiger partial charge in [0.1, 0.15) is 0 Å². The van der Waals surface area contributed by atoms with Crippen molar-refractivity contribution in [1.82, 2.24) is 9.97 Å². The molecule has 0 spiro atoms. The second-order valence-corrected chi connectivity index (χ2v) is 5.60. The number of phenolic OH excluding ortho intramolecular Hbond substituents is 1. The van der Waals surface area contributed by atoms with E-state index in [4.69, 9.17) is 0 Å². The van der Waals surface area contributed by atoms with Crippen LogP contribution in [0.25, 0.3) is 11.4 Å². The van der Waals surface area contributed by atoms with E-state index in [1.165, 1.54) is 44.2 Å². The van der Waals surface area contributed by atoms with Gasteiger partial charge in [-0.05, 0) is 36.6 Å². The van der Waals surface area contributed by atoms with Crippen LogP contribution in [-0.4, -0.2) is 15.1 Å². The Balaban J connectivity index is 1.86. The van der Waals surface area contributed by atoms with Crippen molar-refractivity contribution in [1.29, 1.82) is 0 Å². The second kappa shape index (κ2) is 8.47. The molecule has 1 N–H and O–H groups in total. The molecule has 0 fully saturated rings. The van der Waals surface area contributed by atoms with E-state index in [1.807, 2.05) is 0 Å². The van der Waals surface area contributed by atoms with E-state index in [9.17, 15) is 9.50 Å². The van der Waals surface area contributed by atoms with E-state index in [0.717, 1.165) is 18.4 Å². The number of aromatic hydroxyl groups is 1. The number of aromatic nitrogens is 2. The highest BCUT2D eigenvalue weighted by atomic mass is 19.1. The van der Waals surface area contributed by atoms with Crippen LogP contribution < -0.4 is 0 Å². The summed E-state index contributed by atoms with van der Waals surface area (Å²) in [5, 5.41) is 9.19. The molecule has 22 heavy (non-hydrogen) atoms. The molecule has 3 nitrogen and oxygen atoms in total. The lowest BCUT2D eigenvalue weighted by Crippen LogP contribution is -1.94. The molecule has 0 saturated heterocycles. The number of nitrogens with zero attached hydrogens (tertiary/aromatic N) is 2. The first kappa shape index (κ1) is 16.4. The maximum atomic E-state index is 13.3. The summed E-state index contributed by atoms with van der Waals surface area (Å²) in [5.41, 5.74) is 1.68. The van der Waals surface area contributed by atoms with Gasteiger partial charge in [0.25, 0.3) is 0 Å². The van der Waals surface area contributed by atoms with Crippen molar-refractivity contribution in [2.24, 2.45) is 0 Å². The van der Waals surface area contributed by atoms with E-state index in [2.05, 4.69) is 16.9 Å². The van der Waals surface area contributed by atoms with Gasteiger partial charge < -0.3 is 5.11 Å². The van der Waals surface area contributed by atoms with Crippen LogP contribution in [0, 0.1) is 5.82 Å². The first-order chi connectivity index (χ1) is 10.7. The Morgan fingerprint density at radius 3 is 2.36 bits per heavy atom. The van der Waals surface area contributed by atoms with Crippen LogP contribution >= 0.6 is 0 Å². The van der Waals surface area contributed by atoms with Gasteiger partial charge >= 0.3 is 0 Å². The molecule has 0 unspecified atom stereocenters. The van der Waals surface area contributed by atoms with Gasteiger partial charge in [-0.2, -0.15) is 0 Å². The lowest BCUT2D eigenvalue weighted by atomic mass is 10.1. The molecule has 0 aliphatic heterocycles. The molecule has 0 bridgehead atoms. The Bertz CT molecular complexity index is 584. The Morgan fingerprint density at radius 2 is 1.68 bits per heavy atom. The molecule has 1 heterocycles. The molecule has 0 amide bonds. The Morgan fingerprint density at radius 1 is 1.00 bits per heavy atom. The molecule has 0 aliphatic rings. The highest BCUT2D eigenvalue weighted by Gasteiger charge is 2.06. The van der Waals surface area contributed by atoms with Gasteiger partial charge in [0.15, 0.2) is 17.4 Å². The molecule has 2 rings (SSSR count). The van der Waals surface area contributed by atoms with Crippen molar-refractivity contribution in [3.05, 3.63) is 42.0 Å². The number of unbranched alkanes of at least 4 members (excludes halogenated alkanes) is 5. The lowest BCUT2D eigenvalue weighted by Gasteiger charge is -2.04. The van der Waals surface area contributed by atoms with Crippen LogP contribution in [0.3, 0.4) is 0 Å². The molecule has 4 heteroatoms. The molecule has 2 aromatic rings. The fourth-order valence-corrected chi connectivity index (χ4v) is 2.39. The van der Waals surface area contributed by atoms with E-state index in [1.54, 1.807) is 18.5 Å². The van der Waals surface area contributed by atoms with Crippen LogP contribution in [0.15, 0.2) is 30.6 Å². The van der Waals surface area contributed by atoms with Gasteiger partial charge in [-0.25, -0.2) is 14.4 Å². The summed E-state index contributed by atoms with van der Waals surface area (Å²) < 4.78 is 13.3. The van der Waals surface area contributed by atoms with E-state index in [-0.39, 0.29) is 5.75 Å². The van der Waals surface area contributed by atoms with Gasteiger partial charge in [-0.3, -0.25) is 0 Å². The number of aryl methyl sites for hydroxylation is 1. The topological polar surface area (TPSA) is 46.0 Å². The van der Waals surface area contributed by atoms with Crippen LogP contribution in [0.4, 0.5) is 4.39 Å². The number of hydrogen-bond acceptors (Lipinski definition) is 3. The minimum absolute atomic E-state index is 0.358. The zero-order valence-electron chi connectivity index (χ0n) is 13.1. The van der Waals surface area contributed by atoms with Gasteiger partial charge in [-0.15, -0.1) is 0 Å². The second-order valence-electron chi connectivity index (χ2n) is 5.60. The maximum Gasteiger partial charge on any atom is 0.165 e. The van der Waals surface area contributed by atoms with Crippen molar-refractivity contribution in [3.63, 3.8) is 0 Å². The third kappa shape index (κ3) is 4.79. The van der Waals surface area contributed by atoms with Crippen LogP contribution in [0.1, 0.15) is 51.0 Å². The minimum atomic E-state index is -0.655. The average molecular weight is 302 g/mol. The first-order valence-corrected chi connectivity index (χ1v) is 8.00. The standard InChI is InChI=1S/C18H23FN2O/c1-2-3-4-5-6-7-8-14-12-20-18(21-13-14)15-9-10-17(22)16(19)11-15/h9-13,22H,2-8H2,1H3. The molecule has 0 aliphatic carbocycles. The summed E-state index contributed by atoms with van der Waals surface area (Å²) in [7, 11) is 0. The van der Waals surface area contributed by atoms with Crippen molar-refractivity contribution in [2.45, 2.75) is 51.9 Å². The number of rotatable bonds is 8. The fraction of sp³-hybridized carbons (Fsp3) is 0.444. The van der Waals surface area contributed by atoms with E-state index in [0.29, 0.717) is 11.4 Å². The third-order valence-corrected chi connectivity index (χ3v) is 3.73. The Kier molecular flexibility index (Phi) is 6.31. The molecular weight excluding hydrogens is 279 g/mol. The van der Waals surface area contributed by atoms with Gasteiger partial charge in [0, 0.05) is 18.0 Å². The zero-order chi connectivity index (χ0) is 15.8. The molecule has 1 aromatic carbocycles. The SMILES string of the molecule is CCCCCCCCc1cnc(-c2ccc(O)c(F)c2)nc1. The third-order valence-electron chi connectivity index (χ3n) is 3.73. The maximum absolute atomic E-state index is 13.3. The van der Waals surface area contributed by atoms with Crippen molar-refractivity contribution in [2.75, 3.05) is 0 Å². The molecule has 0 atom stereocenters. The van der Waals surface area contributed by atoms with Crippen molar-refractivity contribution >= 4 is 0 Å². The summed E-state index contributed by atoms with van der Waals surface area (Å²) >= 11 is 0. The van der Waals surface area contributed by atoms with Crippen LogP contribution in [0.5, 0.6) is 5.75 Å². The summed E-state index contributed by atoms with van der Waals surface area (Å²) in [5.74, 6) is -0.536. The zero-order valence-corrected chi connectivity index (χ0v) is 13.1. The predicted molar refractivity (Wildman–Crippen MR) is 86.2 cm³/mol. The minimum Gasteiger partial charge on any atom is -0.505 e. The largest absolute Gasteiger partial charge is 0.505 e. The molecule has 0 radical (unpaired) electrons. The van der Waals surface area contributed by atoms with Gasteiger partial charge in [0.2, 0.25) is 0 Å². The quantitative estimate of drug-likeness (QED) is 0.706. The van der Waals surface area contributed by atoms with Gasteiger partial charge in [-0.1, -0.05) is 39.0 Å². The van der Waals surface area contributed by atoms with Crippen LogP contribution in [-0.2, 0) is 6.42 Å². The first-order valence-electron chi connectivity index (χ1n) is 8.00. The number of hydrogen-bond donors (Lipinski definition) is 1. The predicted octanol–water partition coefficient (Wildman–Crippen LogP) is 4.89. The van der Waals surface area contributed by atoms with Crippen LogP contribution in [0.2, 0.25) is 0 Å². The molecule has 1 aromatic heterocycles.